The summed E-state index contributed by atoms with van der Waals surface area (Å²) in [4.78, 5) is 4.93. The molecule has 98 valence electrons. The molecular weight excluding hydrogens is 214 g/mol. The Hall–Kier alpha value is -0.580. The minimum Gasteiger partial charge on any atom is -0.497 e. The van der Waals surface area contributed by atoms with Gasteiger partial charge in [0.05, 0.1) is 6.26 Å². The van der Waals surface area contributed by atoms with Crippen molar-refractivity contribution in [3.05, 3.63) is 12.3 Å². The van der Waals surface area contributed by atoms with Crippen LogP contribution in [0.5, 0.6) is 0 Å². The number of ether oxygens (including phenoxy) is 1. The topological polar surface area (TPSA) is 27.7 Å². The molecule has 4 heteroatoms. The fraction of sp³-hybridized carbons (Fsp3) is 0.846. The highest BCUT2D eigenvalue weighted by Gasteiger charge is 2.13. The van der Waals surface area contributed by atoms with E-state index in [4.69, 9.17) is 4.74 Å². The number of allylic oxidation sites excluding steroid dienone is 1. The van der Waals surface area contributed by atoms with Crippen LogP contribution in [0.2, 0.25) is 0 Å². The molecule has 0 radical (unpaired) electrons. The highest BCUT2D eigenvalue weighted by atomic mass is 16.5. The predicted molar refractivity (Wildman–Crippen MR) is 70.1 cm³/mol. The normalized spacial score (nSPS) is 27.0. The van der Waals surface area contributed by atoms with E-state index >= 15 is 0 Å². The van der Waals surface area contributed by atoms with Crippen molar-refractivity contribution in [2.24, 2.45) is 0 Å². The number of rotatable bonds is 5. The van der Waals surface area contributed by atoms with Crippen molar-refractivity contribution < 1.29 is 4.74 Å². The fourth-order valence-corrected chi connectivity index (χ4v) is 2.31. The number of hydrogen-bond donors (Lipinski definition) is 1. The van der Waals surface area contributed by atoms with Crippen LogP contribution >= 0.6 is 0 Å². The molecule has 0 aromatic carbocycles. The number of nitrogens with one attached hydrogen (secondary N) is 1. The van der Waals surface area contributed by atoms with Gasteiger partial charge in [0.2, 0.25) is 0 Å². The van der Waals surface area contributed by atoms with Crippen molar-refractivity contribution in [3.63, 3.8) is 0 Å². The van der Waals surface area contributed by atoms with E-state index in [0.29, 0.717) is 6.10 Å². The Kier molecular flexibility index (Phi) is 5.29. The first-order valence-electron chi connectivity index (χ1n) is 6.76. The molecular formula is C13H25N3O. The SMILES string of the molecule is CN1CCN(CCNCC2CCC=CO2)CC1. The highest BCUT2D eigenvalue weighted by molar-refractivity contribution is 4.83. The number of hydrogen-bond acceptors (Lipinski definition) is 4. The molecule has 1 fully saturated rings. The van der Waals surface area contributed by atoms with Gasteiger partial charge in [0.15, 0.2) is 0 Å². The summed E-state index contributed by atoms with van der Waals surface area (Å²) in [5, 5.41) is 3.50. The lowest BCUT2D eigenvalue weighted by atomic mass is 10.1. The number of likely N-dealkylation sites (N-methyl/N-ethyl adjacent to an activating group) is 1. The first-order chi connectivity index (χ1) is 8.34. The third-order valence-corrected chi connectivity index (χ3v) is 3.60. The zero-order valence-electron chi connectivity index (χ0n) is 10.9. The molecule has 2 aliphatic rings. The van der Waals surface area contributed by atoms with Gasteiger partial charge in [-0.15, -0.1) is 0 Å². The third-order valence-electron chi connectivity index (χ3n) is 3.60. The Morgan fingerprint density at radius 2 is 2.12 bits per heavy atom. The van der Waals surface area contributed by atoms with Crippen molar-refractivity contribution in [2.75, 3.05) is 52.9 Å². The largest absolute Gasteiger partial charge is 0.497 e. The maximum atomic E-state index is 5.52. The lowest BCUT2D eigenvalue weighted by Crippen LogP contribution is -2.46. The van der Waals surface area contributed by atoms with Crippen LogP contribution in [0, 0.1) is 0 Å². The van der Waals surface area contributed by atoms with Gasteiger partial charge in [-0.3, -0.25) is 4.90 Å². The van der Waals surface area contributed by atoms with Crippen molar-refractivity contribution in [2.45, 2.75) is 18.9 Å². The summed E-state index contributed by atoms with van der Waals surface area (Å²) >= 11 is 0. The van der Waals surface area contributed by atoms with Crippen molar-refractivity contribution in [1.82, 2.24) is 15.1 Å². The summed E-state index contributed by atoms with van der Waals surface area (Å²) in [6.07, 6.45) is 6.63. The lowest BCUT2D eigenvalue weighted by molar-refractivity contribution is 0.118. The van der Waals surface area contributed by atoms with E-state index in [1.165, 1.54) is 26.2 Å². The van der Waals surface area contributed by atoms with Crippen LogP contribution in [0.4, 0.5) is 0 Å². The smallest absolute Gasteiger partial charge is 0.110 e. The Balaban J connectivity index is 1.50. The van der Waals surface area contributed by atoms with Crippen LogP contribution in [-0.4, -0.2) is 68.8 Å². The van der Waals surface area contributed by atoms with Gasteiger partial charge >= 0.3 is 0 Å². The maximum Gasteiger partial charge on any atom is 0.110 e. The number of piperazine rings is 1. The molecule has 0 spiro atoms. The van der Waals surface area contributed by atoms with E-state index in [1.807, 2.05) is 6.26 Å². The van der Waals surface area contributed by atoms with E-state index in [9.17, 15) is 0 Å². The summed E-state index contributed by atoms with van der Waals surface area (Å²) in [5.74, 6) is 0. The second-order valence-electron chi connectivity index (χ2n) is 5.06. The van der Waals surface area contributed by atoms with Gasteiger partial charge in [-0.1, -0.05) is 0 Å². The van der Waals surface area contributed by atoms with Gasteiger partial charge in [-0.25, -0.2) is 0 Å². The van der Waals surface area contributed by atoms with Crippen LogP contribution in [-0.2, 0) is 4.74 Å². The summed E-state index contributed by atoms with van der Waals surface area (Å²) in [6.45, 7) is 8.05. The monoisotopic (exact) mass is 239 g/mol. The zero-order chi connectivity index (χ0) is 11.9. The molecule has 0 aliphatic carbocycles. The van der Waals surface area contributed by atoms with Gasteiger partial charge in [-0.05, 0) is 26.0 Å². The van der Waals surface area contributed by atoms with Gasteiger partial charge < -0.3 is 15.0 Å². The van der Waals surface area contributed by atoms with E-state index in [0.717, 1.165) is 32.5 Å². The van der Waals surface area contributed by atoms with E-state index < -0.39 is 0 Å². The van der Waals surface area contributed by atoms with Crippen LogP contribution in [0.1, 0.15) is 12.8 Å². The average Bonchev–Trinajstić information content (AvgIpc) is 2.38. The molecule has 0 saturated carbocycles. The highest BCUT2D eigenvalue weighted by Crippen LogP contribution is 2.08. The molecule has 0 amide bonds. The first-order valence-corrected chi connectivity index (χ1v) is 6.76. The van der Waals surface area contributed by atoms with Gasteiger partial charge in [-0.2, -0.15) is 0 Å². The molecule has 1 N–H and O–H groups in total. The van der Waals surface area contributed by atoms with Gasteiger partial charge in [0, 0.05) is 45.8 Å². The van der Waals surface area contributed by atoms with E-state index in [1.54, 1.807) is 0 Å². The minimum atomic E-state index is 0.382. The molecule has 2 aliphatic heterocycles. The summed E-state index contributed by atoms with van der Waals surface area (Å²) < 4.78 is 5.52. The molecule has 0 aromatic heterocycles. The van der Waals surface area contributed by atoms with Crippen LogP contribution in [0.15, 0.2) is 12.3 Å². The minimum absolute atomic E-state index is 0.382. The average molecular weight is 239 g/mol. The second kappa shape index (κ2) is 6.99. The quantitative estimate of drug-likeness (QED) is 0.708. The molecule has 2 rings (SSSR count). The summed E-state index contributed by atoms with van der Waals surface area (Å²) in [6, 6.07) is 0. The lowest BCUT2D eigenvalue weighted by Gasteiger charge is -2.32. The number of nitrogens with zero attached hydrogens (tertiary/aromatic N) is 2. The molecule has 1 unspecified atom stereocenters. The van der Waals surface area contributed by atoms with Crippen molar-refractivity contribution in [1.29, 1.82) is 0 Å². The van der Waals surface area contributed by atoms with E-state index in [-0.39, 0.29) is 0 Å². The summed E-state index contributed by atoms with van der Waals surface area (Å²) in [5.41, 5.74) is 0. The Morgan fingerprint density at radius 3 is 2.82 bits per heavy atom. The molecule has 0 aromatic rings. The Labute approximate surface area is 105 Å². The standard InChI is InChI=1S/C13H25N3O/c1-15-7-9-16(10-8-15)6-5-14-12-13-4-2-3-11-17-13/h3,11,13-14H,2,4-10,12H2,1H3. The third kappa shape index (κ3) is 4.66. The molecule has 2 heterocycles. The first kappa shape index (κ1) is 12.9. The molecule has 1 atom stereocenters. The maximum absolute atomic E-state index is 5.52. The summed E-state index contributed by atoms with van der Waals surface area (Å²) in [7, 11) is 2.20. The Bertz CT molecular complexity index is 237. The molecule has 1 saturated heterocycles. The van der Waals surface area contributed by atoms with Crippen LogP contribution in [0.25, 0.3) is 0 Å². The van der Waals surface area contributed by atoms with Gasteiger partial charge in [0.25, 0.3) is 0 Å². The van der Waals surface area contributed by atoms with Gasteiger partial charge in [0.1, 0.15) is 6.10 Å². The zero-order valence-corrected chi connectivity index (χ0v) is 10.9. The Morgan fingerprint density at radius 1 is 1.29 bits per heavy atom. The molecule has 4 nitrogen and oxygen atoms in total. The van der Waals surface area contributed by atoms with Crippen molar-refractivity contribution in [3.8, 4) is 0 Å². The molecule has 17 heavy (non-hydrogen) atoms. The van der Waals surface area contributed by atoms with Crippen LogP contribution < -0.4 is 5.32 Å². The second-order valence-corrected chi connectivity index (χ2v) is 5.06. The predicted octanol–water partition coefficient (Wildman–Crippen LogP) is 0.516. The fourth-order valence-electron chi connectivity index (χ4n) is 2.31. The van der Waals surface area contributed by atoms with E-state index in [2.05, 4.69) is 28.2 Å². The van der Waals surface area contributed by atoms with Crippen molar-refractivity contribution >= 4 is 0 Å². The molecule has 0 bridgehead atoms. The van der Waals surface area contributed by atoms with Crippen LogP contribution in [0.3, 0.4) is 0 Å².